The smallest absolute Gasteiger partial charge is 0.335 e. The summed E-state index contributed by atoms with van der Waals surface area (Å²) in [7, 11) is 0. The number of hydrogen-bond acceptors (Lipinski definition) is 5. The Bertz CT molecular complexity index is 1250. The van der Waals surface area contributed by atoms with Crippen molar-refractivity contribution in [2.75, 3.05) is 11.9 Å². The second-order valence-electron chi connectivity index (χ2n) is 6.84. The molecule has 4 rings (SSSR count). The Morgan fingerprint density at radius 1 is 1.00 bits per heavy atom. The summed E-state index contributed by atoms with van der Waals surface area (Å²) in [6.07, 6.45) is 3.28. The molecule has 0 saturated carbocycles. The van der Waals surface area contributed by atoms with Crippen molar-refractivity contribution in [1.82, 2.24) is 9.47 Å². The average molecular weight is 447 g/mol. The zero-order valence-electron chi connectivity index (χ0n) is 16.6. The lowest BCUT2D eigenvalue weighted by molar-refractivity contribution is -0.127. The van der Waals surface area contributed by atoms with Crippen LogP contribution in [0.4, 0.5) is 10.5 Å². The fourth-order valence-corrected chi connectivity index (χ4v) is 3.99. The second kappa shape index (κ2) is 8.94. The van der Waals surface area contributed by atoms with Crippen LogP contribution in [-0.4, -0.2) is 44.1 Å². The van der Waals surface area contributed by atoms with E-state index in [-0.39, 0.29) is 10.5 Å². The van der Waals surface area contributed by atoms with E-state index in [2.05, 4.69) is 5.32 Å². The normalized spacial score (nSPS) is 14.8. The van der Waals surface area contributed by atoms with E-state index < -0.39 is 29.6 Å². The van der Waals surface area contributed by atoms with Crippen molar-refractivity contribution < 1.29 is 24.3 Å². The lowest BCUT2D eigenvalue weighted by atomic mass is 10.2. The van der Waals surface area contributed by atoms with Crippen LogP contribution in [0.1, 0.15) is 16.1 Å². The highest BCUT2D eigenvalue weighted by atomic mass is 32.2. The van der Waals surface area contributed by atoms with Gasteiger partial charge in [-0.1, -0.05) is 24.3 Å². The van der Waals surface area contributed by atoms with Crippen LogP contribution in [0.2, 0.25) is 0 Å². The first-order valence-corrected chi connectivity index (χ1v) is 10.4. The minimum Gasteiger partial charge on any atom is -0.478 e. The summed E-state index contributed by atoms with van der Waals surface area (Å²) in [6.45, 7) is -0.390. The molecule has 2 heterocycles. The average Bonchev–Trinajstić information content (AvgIpc) is 3.34. The summed E-state index contributed by atoms with van der Waals surface area (Å²) in [5.41, 5.74) is 1.89. The number of nitrogens with one attached hydrogen (secondary N) is 1. The van der Waals surface area contributed by atoms with E-state index in [4.69, 9.17) is 0 Å². The van der Waals surface area contributed by atoms with Gasteiger partial charge in [-0.3, -0.25) is 19.3 Å². The monoisotopic (exact) mass is 447 g/mol. The van der Waals surface area contributed by atoms with Gasteiger partial charge >= 0.3 is 5.97 Å². The Kier molecular flexibility index (Phi) is 5.91. The first-order chi connectivity index (χ1) is 15.4. The molecule has 0 bridgehead atoms. The van der Waals surface area contributed by atoms with E-state index in [1.54, 1.807) is 65.4 Å². The number of benzene rings is 2. The van der Waals surface area contributed by atoms with Gasteiger partial charge in [-0.25, -0.2) is 4.79 Å². The van der Waals surface area contributed by atoms with Gasteiger partial charge in [-0.2, -0.15) is 0 Å². The predicted molar refractivity (Wildman–Crippen MR) is 120 cm³/mol. The van der Waals surface area contributed by atoms with Crippen molar-refractivity contribution in [3.8, 4) is 5.69 Å². The highest BCUT2D eigenvalue weighted by Gasteiger charge is 2.36. The van der Waals surface area contributed by atoms with Crippen molar-refractivity contribution in [1.29, 1.82) is 0 Å². The number of nitrogens with zero attached hydrogens (tertiary/aromatic N) is 2. The molecule has 1 aliphatic rings. The van der Waals surface area contributed by atoms with Gasteiger partial charge in [-0.15, -0.1) is 0 Å². The minimum absolute atomic E-state index is 0.131. The first-order valence-electron chi connectivity index (χ1n) is 9.54. The highest BCUT2D eigenvalue weighted by molar-refractivity contribution is 8.18. The standard InChI is InChI=1S/C23H17N3O5S/c27-20(24-16-7-2-1-3-8-16)14-26-21(28)19(32-23(26)31)13-18-10-5-11-25(18)17-9-4-6-15(12-17)22(29)30/h1-13H,14H2,(H,24,27)(H,29,30)/b19-13-. The van der Waals surface area contributed by atoms with Gasteiger partial charge in [0.05, 0.1) is 10.5 Å². The third-order valence-electron chi connectivity index (χ3n) is 4.66. The maximum atomic E-state index is 12.8. The van der Waals surface area contributed by atoms with Crippen LogP contribution in [0.15, 0.2) is 77.8 Å². The number of carboxylic acids is 1. The van der Waals surface area contributed by atoms with Crippen LogP contribution in [0, 0.1) is 0 Å². The number of carbonyl (C=O) groups excluding carboxylic acids is 3. The summed E-state index contributed by atoms with van der Waals surface area (Å²) in [6, 6.07) is 18.6. The van der Waals surface area contributed by atoms with Crippen LogP contribution >= 0.6 is 11.8 Å². The Labute approximate surface area is 187 Å². The molecule has 1 fully saturated rings. The molecule has 3 aromatic rings. The molecule has 1 aliphatic heterocycles. The van der Waals surface area contributed by atoms with Crippen molar-refractivity contribution in [3.05, 3.63) is 89.1 Å². The predicted octanol–water partition coefficient (Wildman–Crippen LogP) is 3.85. The van der Waals surface area contributed by atoms with E-state index in [1.165, 1.54) is 12.1 Å². The molecule has 3 amide bonds. The molecule has 0 spiro atoms. The van der Waals surface area contributed by atoms with Crippen LogP contribution in [0.5, 0.6) is 0 Å². The van der Waals surface area contributed by atoms with Crippen molar-refractivity contribution >= 4 is 46.5 Å². The van der Waals surface area contributed by atoms with Gasteiger partial charge < -0.3 is 15.0 Å². The lowest BCUT2D eigenvalue weighted by Crippen LogP contribution is -2.36. The third kappa shape index (κ3) is 4.47. The Hall–Kier alpha value is -4.11. The molecule has 1 saturated heterocycles. The van der Waals surface area contributed by atoms with Gasteiger partial charge in [0, 0.05) is 23.3 Å². The number of anilines is 1. The fourth-order valence-electron chi connectivity index (χ4n) is 3.17. The molecule has 2 N–H and O–H groups in total. The molecule has 0 atom stereocenters. The van der Waals surface area contributed by atoms with Gasteiger partial charge in [-0.05, 0) is 60.3 Å². The topological polar surface area (TPSA) is 109 Å². The third-order valence-corrected chi connectivity index (χ3v) is 5.57. The Balaban J connectivity index is 1.53. The van der Waals surface area contributed by atoms with Crippen LogP contribution < -0.4 is 5.32 Å². The quantitative estimate of drug-likeness (QED) is 0.556. The van der Waals surface area contributed by atoms with Gasteiger partial charge in [0.15, 0.2) is 0 Å². The largest absolute Gasteiger partial charge is 0.478 e. The zero-order valence-corrected chi connectivity index (χ0v) is 17.4. The van der Waals surface area contributed by atoms with Crippen LogP contribution in [-0.2, 0) is 9.59 Å². The molecule has 0 radical (unpaired) electrons. The number of amides is 3. The number of thioether (sulfide) groups is 1. The molecule has 1 aromatic heterocycles. The number of rotatable bonds is 6. The van der Waals surface area contributed by atoms with Gasteiger partial charge in [0.1, 0.15) is 6.54 Å². The van der Waals surface area contributed by atoms with Crippen LogP contribution in [0.25, 0.3) is 11.8 Å². The van der Waals surface area contributed by atoms with Crippen molar-refractivity contribution in [2.24, 2.45) is 0 Å². The van der Waals surface area contributed by atoms with Crippen molar-refractivity contribution in [3.63, 3.8) is 0 Å². The van der Waals surface area contributed by atoms with E-state index in [0.717, 1.165) is 16.7 Å². The fraction of sp³-hybridized carbons (Fsp3) is 0.0435. The first kappa shape index (κ1) is 21.1. The molecule has 9 heteroatoms. The molecular formula is C23H17N3O5S. The highest BCUT2D eigenvalue weighted by Crippen LogP contribution is 2.32. The van der Waals surface area contributed by atoms with E-state index in [1.807, 2.05) is 6.07 Å². The molecule has 2 aromatic carbocycles. The molecule has 0 unspecified atom stereocenters. The number of hydrogen-bond donors (Lipinski definition) is 2. The van der Waals surface area contributed by atoms with Crippen molar-refractivity contribution in [2.45, 2.75) is 0 Å². The maximum absolute atomic E-state index is 12.8. The molecule has 160 valence electrons. The molecule has 0 aliphatic carbocycles. The molecule has 32 heavy (non-hydrogen) atoms. The summed E-state index contributed by atoms with van der Waals surface area (Å²) >= 11 is 0.751. The maximum Gasteiger partial charge on any atom is 0.335 e. The Morgan fingerprint density at radius 2 is 1.78 bits per heavy atom. The number of aromatic carboxylic acids is 1. The SMILES string of the molecule is O=C(CN1C(=O)S/C(=C\c2cccn2-c2cccc(C(=O)O)c2)C1=O)Nc1ccccc1. The number of carbonyl (C=O) groups is 4. The Morgan fingerprint density at radius 3 is 2.53 bits per heavy atom. The van der Waals surface area contributed by atoms with Gasteiger partial charge in [0.2, 0.25) is 5.91 Å². The second-order valence-corrected chi connectivity index (χ2v) is 7.83. The zero-order chi connectivity index (χ0) is 22.7. The van der Waals surface area contributed by atoms with E-state index in [9.17, 15) is 24.3 Å². The minimum atomic E-state index is -1.05. The lowest BCUT2D eigenvalue weighted by Gasteiger charge is -2.12. The molecular weight excluding hydrogens is 430 g/mol. The molecule has 8 nitrogen and oxygen atoms in total. The summed E-state index contributed by atoms with van der Waals surface area (Å²) in [4.78, 5) is 49.7. The number of para-hydroxylation sites is 1. The summed E-state index contributed by atoms with van der Waals surface area (Å²) in [5, 5.41) is 11.3. The number of aromatic nitrogens is 1. The summed E-state index contributed by atoms with van der Waals surface area (Å²) < 4.78 is 1.71. The summed E-state index contributed by atoms with van der Waals surface area (Å²) in [5.74, 6) is -2.08. The number of imide groups is 1. The van der Waals surface area contributed by atoms with E-state index in [0.29, 0.717) is 17.1 Å². The van der Waals surface area contributed by atoms with Crippen LogP contribution in [0.3, 0.4) is 0 Å². The van der Waals surface area contributed by atoms with Gasteiger partial charge in [0.25, 0.3) is 11.1 Å². The van der Waals surface area contributed by atoms with E-state index >= 15 is 0 Å². The number of carboxylic acid groups (broad SMARTS) is 1.